The maximum atomic E-state index is 12.3. The lowest BCUT2D eigenvalue weighted by Gasteiger charge is -2.13. The zero-order valence-corrected chi connectivity index (χ0v) is 15.0. The molecule has 3 rings (SSSR count). The number of aromatic nitrogens is 3. The van der Waals surface area contributed by atoms with Gasteiger partial charge in [-0.05, 0) is 12.1 Å². The van der Waals surface area contributed by atoms with Gasteiger partial charge in [-0.25, -0.2) is 4.68 Å². The Balaban J connectivity index is 0.000000671. The summed E-state index contributed by atoms with van der Waals surface area (Å²) in [5, 5.41) is 4.09. The van der Waals surface area contributed by atoms with E-state index in [-0.39, 0.29) is 12.5 Å². The summed E-state index contributed by atoms with van der Waals surface area (Å²) in [6, 6.07) is 6.70. The lowest BCUT2D eigenvalue weighted by atomic mass is 10.1. The minimum Gasteiger partial charge on any atom is -0.334 e. The molecule has 130 valence electrons. The fourth-order valence-electron chi connectivity index (χ4n) is 2.30. The average Bonchev–Trinajstić information content (AvgIpc) is 2.72. The molecule has 1 aromatic carbocycles. The third-order valence-electron chi connectivity index (χ3n) is 3.30. The second kappa shape index (κ2) is 8.24. The predicted octanol–water partition coefficient (Wildman–Crippen LogP) is 1.57. The summed E-state index contributed by atoms with van der Waals surface area (Å²) in [6.07, 6.45) is 0. The van der Waals surface area contributed by atoms with Gasteiger partial charge in [-0.3, -0.25) is 19.0 Å². The molecule has 1 aliphatic rings. The third-order valence-corrected chi connectivity index (χ3v) is 3.30. The summed E-state index contributed by atoms with van der Waals surface area (Å²) in [5.74, 6) is 0.151. The molecule has 0 radical (unpaired) electrons. The topological polar surface area (TPSA) is 77.2 Å². The van der Waals surface area contributed by atoms with Gasteiger partial charge in [0.25, 0.3) is 5.91 Å². The smallest absolute Gasteiger partial charge is 0.332 e. The molecule has 0 saturated heterocycles. The number of hydrogen-bond donors (Lipinski definition) is 0. The number of amides is 1. The van der Waals surface area contributed by atoms with Crippen molar-refractivity contribution in [2.24, 2.45) is 7.05 Å². The van der Waals surface area contributed by atoms with Gasteiger partial charge in [0.1, 0.15) is 0 Å². The molecular formula is C17H24N4O3. The Kier molecular flexibility index (Phi) is 6.64. The van der Waals surface area contributed by atoms with Crippen molar-refractivity contribution < 1.29 is 4.79 Å². The molecule has 2 heterocycles. The first-order valence-electron chi connectivity index (χ1n) is 8.05. The zero-order chi connectivity index (χ0) is 18.4. The molecule has 7 nitrogen and oxygen atoms in total. The van der Waals surface area contributed by atoms with E-state index in [4.69, 9.17) is 0 Å². The lowest BCUT2D eigenvalue weighted by Crippen LogP contribution is -2.43. The van der Waals surface area contributed by atoms with Gasteiger partial charge < -0.3 is 4.90 Å². The number of carbonyl (C=O) groups excluding carboxylic acids is 1. The lowest BCUT2D eigenvalue weighted by molar-refractivity contribution is 0.0785. The van der Waals surface area contributed by atoms with Crippen LogP contribution in [-0.2, 0) is 13.6 Å². The zero-order valence-electron chi connectivity index (χ0n) is 15.0. The number of para-hydroxylation sites is 1. The van der Waals surface area contributed by atoms with Gasteiger partial charge in [0.15, 0.2) is 5.82 Å². The maximum Gasteiger partial charge on any atom is 0.332 e. The number of benzene rings is 1. The summed E-state index contributed by atoms with van der Waals surface area (Å²) in [4.78, 5) is 37.8. The van der Waals surface area contributed by atoms with Crippen LogP contribution >= 0.6 is 0 Å². The minimum atomic E-state index is -0.722. The molecule has 0 N–H and O–H groups in total. The number of rotatable bonds is 0. The first-order chi connectivity index (χ1) is 11.5. The molecule has 0 saturated carbocycles. The molecule has 0 aliphatic carbocycles. The highest BCUT2D eigenvalue weighted by atomic mass is 16.2. The van der Waals surface area contributed by atoms with Gasteiger partial charge in [-0.15, -0.1) is 0 Å². The molecule has 0 fully saturated rings. The van der Waals surface area contributed by atoms with Crippen LogP contribution in [0.25, 0.3) is 5.69 Å². The third kappa shape index (κ3) is 3.29. The molecule has 1 aliphatic heterocycles. The van der Waals surface area contributed by atoms with Crippen LogP contribution in [0, 0.1) is 0 Å². The number of carbonyl (C=O) groups is 1. The van der Waals surface area contributed by atoms with Crippen LogP contribution in [0.5, 0.6) is 0 Å². The summed E-state index contributed by atoms with van der Waals surface area (Å²) in [6.45, 7) is 8.16. The van der Waals surface area contributed by atoms with Crippen LogP contribution in [0.1, 0.15) is 43.9 Å². The maximum absolute atomic E-state index is 12.3. The van der Waals surface area contributed by atoms with Crippen molar-refractivity contribution in [3.8, 4) is 5.69 Å². The summed E-state index contributed by atoms with van der Waals surface area (Å²) < 4.78 is 2.22. The Labute approximate surface area is 141 Å². The van der Waals surface area contributed by atoms with E-state index in [1.54, 1.807) is 31.3 Å². The highest BCUT2D eigenvalue weighted by Gasteiger charge is 2.26. The second-order valence-electron chi connectivity index (χ2n) is 4.66. The van der Waals surface area contributed by atoms with E-state index in [0.717, 1.165) is 4.68 Å². The van der Waals surface area contributed by atoms with Crippen molar-refractivity contribution in [1.29, 1.82) is 0 Å². The van der Waals surface area contributed by atoms with E-state index in [1.165, 1.54) is 16.5 Å². The Hall–Kier alpha value is -2.70. The van der Waals surface area contributed by atoms with Crippen molar-refractivity contribution in [3.63, 3.8) is 0 Å². The number of aryl methyl sites for hydroxylation is 1. The largest absolute Gasteiger partial charge is 0.334 e. The molecule has 0 bridgehead atoms. The standard InChI is InChI=1S/C13H12N4O3.2C2H6/c1-15-7-10-14-16(2)12(19)13(20)17(10)9-6-4-3-5-8(9)11(15)18;2*1-2/h3-6H,7H2,1-2H3;2*1-2H3. The monoisotopic (exact) mass is 332 g/mol. The fraction of sp³-hybridized carbons (Fsp3) is 0.412. The number of hydrogen-bond acceptors (Lipinski definition) is 4. The Bertz CT molecular complexity index is 836. The molecule has 24 heavy (non-hydrogen) atoms. The molecule has 7 heteroatoms. The second-order valence-corrected chi connectivity index (χ2v) is 4.66. The SMILES string of the molecule is CC.CC.CN1Cc2nn(C)c(=O)c(=O)n2-c2ccccc2C1=O. The van der Waals surface area contributed by atoms with Gasteiger partial charge in [0.05, 0.1) is 17.8 Å². The quantitative estimate of drug-likeness (QED) is 0.686. The predicted molar refractivity (Wildman–Crippen MR) is 93.6 cm³/mol. The molecule has 1 amide bonds. The van der Waals surface area contributed by atoms with Crippen LogP contribution in [0.4, 0.5) is 0 Å². The molecule has 0 unspecified atom stereocenters. The molecule has 0 atom stereocenters. The van der Waals surface area contributed by atoms with Crippen LogP contribution in [0.3, 0.4) is 0 Å². The summed E-state index contributed by atoms with van der Waals surface area (Å²) in [5.41, 5.74) is -0.647. The van der Waals surface area contributed by atoms with Crippen molar-refractivity contribution in [1.82, 2.24) is 19.2 Å². The first kappa shape index (κ1) is 19.3. The highest BCUT2D eigenvalue weighted by Crippen LogP contribution is 2.20. The number of fused-ring (bicyclic) bond motifs is 3. The van der Waals surface area contributed by atoms with Crippen molar-refractivity contribution >= 4 is 5.91 Å². The van der Waals surface area contributed by atoms with Gasteiger partial charge in [0.2, 0.25) is 0 Å². The van der Waals surface area contributed by atoms with Crippen molar-refractivity contribution in [2.75, 3.05) is 7.05 Å². The normalized spacial score (nSPS) is 11.9. The fourth-order valence-corrected chi connectivity index (χ4v) is 2.30. The van der Waals surface area contributed by atoms with E-state index >= 15 is 0 Å². The molecular weight excluding hydrogens is 308 g/mol. The van der Waals surface area contributed by atoms with Gasteiger partial charge >= 0.3 is 11.1 Å². The van der Waals surface area contributed by atoms with Crippen LogP contribution < -0.4 is 11.1 Å². The number of nitrogens with zero attached hydrogens (tertiary/aromatic N) is 4. The summed E-state index contributed by atoms with van der Waals surface area (Å²) in [7, 11) is 3.05. The molecule has 1 aromatic heterocycles. The van der Waals surface area contributed by atoms with E-state index in [0.29, 0.717) is 17.1 Å². The Morgan fingerprint density at radius 3 is 2.12 bits per heavy atom. The van der Waals surface area contributed by atoms with Crippen LogP contribution in [-0.4, -0.2) is 32.2 Å². The summed E-state index contributed by atoms with van der Waals surface area (Å²) >= 11 is 0. The van der Waals surface area contributed by atoms with Gasteiger partial charge in [-0.2, -0.15) is 5.10 Å². The van der Waals surface area contributed by atoms with E-state index in [9.17, 15) is 14.4 Å². The van der Waals surface area contributed by atoms with Gasteiger partial charge in [-0.1, -0.05) is 39.8 Å². The molecule has 2 aromatic rings. The minimum absolute atomic E-state index is 0.164. The molecule has 0 spiro atoms. The van der Waals surface area contributed by atoms with Crippen molar-refractivity contribution in [2.45, 2.75) is 34.2 Å². The highest BCUT2D eigenvalue weighted by molar-refractivity contribution is 5.98. The van der Waals surface area contributed by atoms with E-state index in [1.807, 2.05) is 27.7 Å². The Morgan fingerprint density at radius 2 is 1.50 bits per heavy atom. The first-order valence-corrected chi connectivity index (χ1v) is 8.05. The van der Waals surface area contributed by atoms with Crippen LogP contribution in [0.2, 0.25) is 0 Å². The van der Waals surface area contributed by atoms with E-state index in [2.05, 4.69) is 5.10 Å². The Morgan fingerprint density at radius 1 is 0.917 bits per heavy atom. The van der Waals surface area contributed by atoms with E-state index < -0.39 is 11.1 Å². The van der Waals surface area contributed by atoms with Gasteiger partial charge in [0, 0.05) is 14.1 Å². The average molecular weight is 332 g/mol. The van der Waals surface area contributed by atoms with Crippen LogP contribution in [0.15, 0.2) is 33.9 Å². The van der Waals surface area contributed by atoms with Crippen molar-refractivity contribution in [3.05, 3.63) is 56.4 Å².